The van der Waals surface area contributed by atoms with Crippen LogP contribution < -0.4 is 10.2 Å². The minimum absolute atomic E-state index is 0.0881. The average molecular weight is 290 g/mol. The monoisotopic (exact) mass is 290 g/mol. The highest BCUT2D eigenvalue weighted by atomic mass is 16.5. The van der Waals surface area contributed by atoms with Gasteiger partial charge in [0.15, 0.2) is 17.3 Å². The number of benzene rings is 1. The lowest BCUT2D eigenvalue weighted by molar-refractivity contribution is -0.114. The third-order valence-corrected chi connectivity index (χ3v) is 2.83. The number of nitrogens with one attached hydrogen (secondary N) is 1. The normalized spacial score (nSPS) is 9.86. The first-order valence-corrected chi connectivity index (χ1v) is 7.13. The Bertz CT molecular complexity index is 491. The van der Waals surface area contributed by atoms with Crippen molar-refractivity contribution in [3.05, 3.63) is 24.3 Å². The van der Waals surface area contributed by atoms with Crippen LogP contribution in [0.4, 0.5) is 5.69 Å². The van der Waals surface area contributed by atoms with E-state index in [0.29, 0.717) is 12.3 Å². The van der Waals surface area contributed by atoms with Crippen molar-refractivity contribution in [3.63, 3.8) is 0 Å². The summed E-state index contributed by atoms with van der Waals surface area (Å²) in [6, 6.07) is 7.23. The number of unbranched alkanes of at least 4 members (excludes halogenated alkanes) is 2. The van der Waals surface area contributed by atoms with Gasteiger partial charge in [-0.2, -0.15) is 5.10 Å². The van der Waals surface area contributed by atoms with Gasteiger partial charge in [-0.25, -0.2) is 0 Å². The number of ketones is 2. The highest BCUT2D eigenvalue weighted by Gasteiger charge is 2.11. The van der Waals surface area contributed by atoms with Gasteiger partial charge in [-0.3, -0.25) is 15.0 Å². The molecule has 0 fully saturated rings. The van der Waals surface area contributed by atoms with E-state index in [1.54, 1.807) is 12.1 Å². The van der Waals surface area contributed by atoms with Crippen LogP contribution in [0.25, 0.3) is 0 Å². The second-order valence-corrected chi connectivity index (χ2v) is 4.76. The van der Waals surface area contributed by atoms with Crippen molar-refractivity contribution in [1.29, 1.82) is 0 Å². The summed E-state index contributed by atoms with van der Waals surface area (Å²) in [6.07, 6.45) is 3.37. The van der Waals surface area contributed by atoms with Crippen LogP contribution in [-0.4, -0.2) is 23.9 Å². The van der Waals surface area contributed by atoms with Gasteiger partial charge < -0.3 is 4.74 Å². The van der Waals surface area contributed by atoms with E-state index in [1.807, 2.05) is 12.1 Å². The van der Waals surface area contributed by atoms with Crippen LogP contribution in [0.15, 0.2) is 29.4 Å². The molecular formula is C16H22N2O3. The fraction of sp³-hybridized carbons (Fsp3) is 0.438. The van der Waals surface area contributed by atoms with E-state index in [4.69, 9.17) is 4.74 Å². The van der Waals surface area contributed by atoms with Crippen molar-refractivity contribution in [2.24, 2.45) is 5.10 Å². The standard InChI is InChI=1S/C16H22N2O3/c1-4-5-6-11-21-15-9-7-14(8-10-15)17-18-16(12(2)19)13(3)20/h7-10,17H,4-6,11H2,1-3H3. The lowest BCUT2D eigenvalue weighted by atomic mass is 10.2. The molecule has 1 N–H and O–H groups in total. The van der Waals surface area contributed by atoms with Crippen LogP contribution in [0, 0.1) is 0 Å². The lowest BCUT2D eigenvalue weighted by Crippen LogP contribution is -2.20. The Morgan fingerprint density at radius 3 is 2.24 bits per heavy atom. The fourth-order valence-corrected chi connectivity index (χ4v) is 1.69. The minimum Gasteiger partial charge on any atom is -0.494 e. The highest BCUT2D eigenvalue weighted by Crippen LogP contribution is 2.16. The SMILES string of the molecule is CCCCCOc1ccc(NN=C(C(C)=O)C(C)=O)cc1. The zero-order chi connectivity index (χ0) is 15.7. The van der Waals surface area contributed by atoms with Crippen molar-refractivity contribution in [2.45, 2.75) is 40.0 Å². The van der Waals surface area contributed by atoms with Crippen molar-refractivity contribution >= 4 is 23.0 Å². The molecule has 0 bridgehead atoms. The average Bonchev–Trinajstić information content (AvgIpc) is 2.44. The minimum atomic E-state index is -0.356. The van der Waals surface area contributed by atoms with Crippen LogP contribution >= 0.6 is 0 Å². The number of hydrazone groups is 1. The molecule has 0 aliphatic rings. The molecule has 0 amide bonds. The maximum atomic E-state index is 11.2. The smallest absolute Gasteiger partial charge is 0.183 e. The van der Waals surface area contributed by atoms with Gasteiger partial charge in [0.05, 0.1) is 12.3 Å². The van der Waals surface area contributed by atoms with Gasteiger partial charge in [-0.05, 0) is 30.7 Å². The largest absolute Gasteiger partial charge is 0.494 e. The first-order valence-electron chi connectivity index (χ1n) is 7.13. The summed E-state index contributed by atoms with van der Waals surface area (Å²) < 4.78 is 5.59. The molecule has 0 spiro atoms. The first-order chi connectivity index (χ1) is 10.0. The van der Waals surface area contributed by atoms with E-state index < -0.39 is 0 Å². The molecule has 0 saturated heterocycles. The van der Waals surface area contributed by atoms with E-state index in [1.165, 1.54) is 20.3 Å². The number of carbonyl (C=O) groups excluding carboxylic acids is 2. The zero-order valence-corrected chi connectivity index (χ0v) is 12.8. The molecule has 0 atom stereocenters. The van der Waals surface area contributed by atoms with Crippen molar-refractivity contribution in [1.82, 2.24) is 0 Å². The van der Waals surface area contributed by atoms with Gasteiger partial charge in [-0.15, -0.1) is 0 Å². The van der Waals surface area contributed by atoms with Crippen LogP contribution in [0.5, 0.6) is 5.75 Å². The first kappa shape index (κ1) is 16.9. The zero-order valence-electron chi connectivity index (χ0n) is 12.8. The molecule has 0 aliphatic heterocycles. The van der Waals surface area contributed by atoms with Crippen LogP contribution in [-0.2, 0) is 9.59 Å². The number of anilines is 1. The number of hydrogen-bond acceptors (Lipinski definition) is 5. The van der Waals surface area contributed by atoms with Gasteiger partial charge in [0.1, 0.15) is 5.75 Å². The van der Waals surface area contributed by atoms with Crippen molar-refractivity contribution in [2.75, 3.05) is 12.0 Å². The summed E-state index contributed by atoms with van der Waals surface area (Å²) in [6.45, 7) is 5.49. The predicted molar refractivity (Wildman–Crippen MR) is 83.9 cm³/mol. The topological polar surface area (TPSA) is 67.8 Å². The third-order valence-electron chi connectivity index (χ3n) is 2.83. The number of carbonyl (C=O) groups is 2. The van der Waals surface area contributed by atoms with Gasteiger partial charge in [0.25, 0.3) is 0 Å². The molecule has 1 rings (SSSR count). The van der Waals surface area contributed by atoms with Gasteiger partial charge in [-0.1, -0.05) is 19.8 Å². The summed E-state index contributed by atoms with van der Waals surface area (Å²) in [5, 5.41) is 3.84. The van der Waals surface area contributed by atoms with E-state index >= 15 is 0 Å². The molecule has 0 heterocycles. The van der Waals surface area contributed by atoms with Gasteiger partial charge in [0, 0.05) is 13.8 Å². The molecule has 1 aromatic rings. The molecule has 0 unspecified atom stereocenters. The van der Waals surface area contributed by atoms with E-state index in [0.717, 1.165) is 18.6 Å². The number of nitrogens with zero attached hydrogens (tertiary/aromatic N) is 1. The molecule has 0 saturated carbocycles. The lowest BCUT2D eigenvalue weighted by Gasteiger charge is -2.07. The molecule has 21 heavy (non-hydrogen) atoms. The molecule has 5 heteroatoms. The Hall–Kier alpha value is -2.17. The molecule has 5 nitrogen and oxygen atoms in total. The molecule has 1 aromatic carbocycles. The van der Waals surface area contributed by atoms with Crippen molar-refractivity contribution < 1.29 is 14.3 Å². The third kappa shape index (κ3) is 6.21. The Balaban J connectivity index is 2.56. The van der Waals surface area contributed by atoms with Crippen LogP contribution in [0.3, 0.4) is 0 Å². The maximum absolute atomic E-state index is 11.2. The summed E-state index contributed by atoms with van der Waals surface area (Å²) in [5.74, 6) is 0.0794. The Morgan fingerprint density at radius 1 is 1.10 bits per heavy atom. The van der Waals surface area contributed by atoms with Crippen LogP contribution in [0.1, 0.15) is 40.0 Å². The molecule has 0 aliphatic carbocycles. The predicted octanol–water partition coefficient (Wildman–Crippen LogP) is 3.20. The Kier molecular flexibility index (Phi) is 7.15. The van der Waals surface area contributed by atoms with Crippen LogP contribution in [0.2, 0.25) is 0 Å². The van der Waals surface area contributed by atoms with E-state index in [9.17, 15) is 9.59 Å². The number of ether oxygens (including phenoxy) is 1. The second kappa shape index (κ2) is 8.89. The molecule has 0 aromatic heterocycles. The number of rotatable bonds is 9. The Morgan fingerprint density at radius 2 is 1.71 bits per heavy atom. The van der Waals surface area contributed by atoms with Gasteiger partial charge >= 0.3 is 0 Å². The second-order valence-electron chi connectivity index (χ2n) is 4.76. The molecule has 0 radical (unpaired) electrons. The summed E-state index contributed by atoms with van der Waals surface area (Å²) in [4.78, 5) is 22.4. The summed E-state index contributed by atoms with van der Waals surface area (Å²) in [5.41, 5.74) is 3.30. The fourth-order valence-electron chi connectivity index (χ4n) is 1.69. The Labute approximate surface area is 125 Å². The summed E-state index contributed by atoms with van der Waals surface area (Å²) in [7, 11) is 0. The maximum Gasteiger partial charge on any atom is 0.183 e. The van der Waals surface area contributed by atoms with Crippen molar-refractivity contribution in [3.8, 4) is 5.75 Å². The van der Waals surface area contributed by atoms with E-state index in [2.05, 4.69) is 17.5 Å². The molecule has 114 valence electrons. The highest BCUT2D eigenvalue weighted by molar-refractivity contribution is 6.65. The number of hydrogen-bond donors (Lipinski definition) is 1. The van der Waals surface area contributed by atoms with E-state index in [-0.39, 0.29) is 17.3 Å². The summed E-state index contributed by atoms with van der Waals surface area (Å²) >= 11 is 0. The quantitative estimate of drug-likeness (QED) is 0.328. The number of Topliss-reactive ketones (excluding diaryl/α,β-unsaturated/α-hetero) is 2. The van der Waals surface area contributed by atoms with Gasteiger partial charge in [0.2, 0.25) is 0 Å². The molecular weight excluding hydrogens is 268 g/mol.